The highest BCUT2D eigenvalue weighted by atomic mass is 16.4. The number of rotatable bonds is 11. The van der Waals surface area contributed by atoms with Crippen molar-refractivity contribution in [3.8, 4) is 0 Å². The number of carboxylic acid groups (broad SMARTS) is 1. The van der Waals surface area contributed by atoms with Gasteiger partial charge < -0.3 is 14.9 Å². The Bertz CT molecular complexity index is 475. The van der Waals surface area contributed by atoms with Gasteiger partial charge in [0, 0.05) is 5.92 Å². The Labute approximate surface area is 146 Å². The maximum atomic E-state index is 12.0. The molecule has 0 radical (unpaired) electrons. The minimum Gasteiger partial charge on any atom is -0.477 e. The lowest BCUT2D eigenvalue weighted by atomic mass is 10.1. The van der Waals surface area contributed by atoms with Crippen LogP contribution >= 0.6 is 0 Å². The van der Waals surface area contributed by atoms with Crippen LogP contribution in [-0.4, -0.2) is 49.2 Å². The van der Waals surface area contributed by atoms with E-state index in [1.165, 1.54) is 25.8 Å². The summed E-state index contributed by atoms with van der Waals surface area (Å²) in [5.41, 5.74) is 0.0483. The second-order valence-electron chi connectivity index (χ2n) is 8.73. The van der Waals surface area contributed by atoms with Gasteiger partial charge in [-0.05, 0) is 37.5 Å². The summed E-state index contributed by atoms with van der Waals surface area (Å²) >= 11 is 0. The number of aliphatic carboxylic acids is 1. The van der Waals surface area contributed by atoms with E-state index in [-0.39, 0.29) is 22.9 Å². The molecule has 0 aliphatic heterocycles. The molecule has 1 atom stereocenters. The highest BCUT2D eigenvalue weighted by Gasteiger charge is 2.50. The molecule has 1 aliphatic rings. The fraction of sp³-hybridized carbons (Fsp3) is 0.789. The lowest BCUT2D eigenvalue weighted by molar-refractivity contribution is -0.870. The number of nitrogens with one attached hydrogen (secondary N) is 1. The normalized spacial score (nSPS) is 19.9. The van der Waals surface area contributed by atoms with Crippen LogP contribution < -0.4 is 5.32 Å². The van der Waals surface area contributed by atoms with Crippen LogP contribution in [0.2, 0.25) is 0 Å². The third-order valence-electron chi connectivity index (χ3n) is 4.70. The molecule has 0 aromatic heterocycles. The van der Waals surface area contributed by atoms with E-state index in [1.807, 2.05) is 13.8 Å². The molecule has 1 fully saturated rings. The van der Waals surface area contributed by atoms with Crippen molar-refractivity contribution >= 4 is 11.9 Å². The largest absolute Gasteiger partial charge is 0.477 e. The maximum absolute atomic E-state index is 12.0. The van der Waals surface area contributed by atoms with E-state index in [2.05, 4.69) is 26.5 Å². The summed E-state index contributed by atoms with van der Waals surface area (Å²) in [4.78, 5) is 23.3. The Hall–Kier alpha value is -1.36. The predicted molar refractivity (Wildman–Crippen MR) is 96.4 cm³/mol. The van der Waals surface area contributed by atoms with E-state index < -0.39 is 5.97 Å². The van der Waals surface area contributed by atoms with Crippen molar-refractivity contribution in [2.75, 3.05) is 27.7 Å². The average molecular weight is 340 g/mol. The SMILES string of the molecule is CC1(C)CC1C(=O)NC(=CCCCCCCC[N+](C)(C)C)C(=O)O. The molecule has 0 heterocycles. The van der Waals surface area contributed by atoms with Crippen LogP contribution in [0, 0.1) is 11.3 Å². The molecule has 0 bridgehead atoms. The molecule has 1 aliphatic carbocycles. The first-order valence-corrected chi connectivity index (χ1v) is 9.08. The first kappa shape index (κ1) is 20.7. The molecule has 0 saturated heterocycles. The molecule has 24 heavy (non-hydrogen) atoms. The van der Waals surface area contributed by atoms with Crippen molar-refractivity contribution in [3.63, 3.8) is 0 Å². The van der Waals surface area contributed by atoms with Crippen molar-refractivity contribution in [1.29, 1.82) is 0 Å². The number of quaternary nitrogens is 1. The molecule has 1 amide bonds. The van der Waals surface area contributed by atoms with Crippen molar-refractivity contribution in [2.45, 2.75) is 58.8 Å². The first-order chi connectivity index (χ1) is 11.0. The van der Waals surface area contributed by atoms with Crippen molar-refractivity contribution in [3.05, 3.63) is 11.8 Å². The minimum atomic E-state index is -1.05. The predicted octanol–water partition coefficient (Wildman–Crippen LogP) is 3.16. The van der Waals surface area contributed by atoms with E-state index in [1.54, 1.807) is 6.08 Å². The molecule has 138 valence electrons. The Morgan fingerprint density at radius 2 is 1.67 bits per heavy atom. The van der Waals surface area contributed by atoms with Gasteiger partial charge in [0.25, 0.3) is 0 Å². The van der Waals surface area contributed by atoms with Crippen molar-refractivity contribution in [2.24, 2.45) is 11.3 Å². The topological polar surface area (TPSA) is 66.4 Å². The second-order valence-corrected chi connectivity index (χ2v) is 8.73. The van der Waals surface area contributed by atoms with Gasteiger partial charge in [0.15, 0.2) is 0 Å². The van der Waals surface area contributed by atoms with Gasteiger partial charge in [-0.1, -0.05) is 32.8 Å². The monoisotopic (exact) mass is 339 g/mol. The lowest BCUT2D eigenvalue weighted by Crippen LogP contribution is -2.35. The number of carbonyl (C=O) groups excluding carboxylic acids is 1. The average Bonchev–Trinajstić information content (AvgIpc) is 3.07. The van der Waals surface area contributed by atoms with E-state index in [0.29, 0.717) is 6.42 Å². The number of allylic oxidation sites excluding steroid dienone is 1. The molecule has 0 spiro atoms. The van der Waals surface area contributed by atoms with E-state index in [0.717, 1.165) is 23.7 Å². The van der Waals surface area contributed by atoms with Gasteiger partial charge in [-0.25, -0.2) is 4.79 Å². The molecule has 5 nitrogen and oxygen atoms in total. The van der Waals surface area contributed by atoms with Gasteiger partial charge in [-0.3, -0.25) is 4.79 Å². The summed E-state index contributed by atoms with van der Waals surface area (Å²) < 4.78 is 1.00. The summed E-state index contributed by atoms with van der Waals surface area (Å²) in [5.74, 6) is -1.26. The van der Waals surface area contributed by atoms with Crippen LogP contribution in [0.1, 0.15) is 58.8 Å². The number of unbranched alkanes of at least 4 members (excludes halogenated alkanes) is 5. The zero-order valence-corrected chi connectivity index (χ0v) is 16.0. The summed E-state index contributed by atoms with van der Waals surface area (Å²) in [6, 6.07) is 0. The molecule has 1 rings (SSSR count). The van der Waals surface area contributed by atoms with Crippen LogP contribution in [0.4, 0.5) is 0 Å². The maximum Gasteiger partial charge on any atom is 0.352 e. The number of hydrogen-bond donors (Lipinski definition) is 2. The molecular formula is C19H35N2O3+. The standard InChI is InChI=1S/C19H34N2O3/c1-19(2)14-15(19)17(22)20-16(18(23)24)12-10-8-6-7-9-11-13-21(3,4)5/h12,15H,6-11,13-14H2,1-5H3,(H-,20,22,23,24)/p+1. The third-order valence-corrected chi connectivity index (χ3v) is 4.70. The number of nitrogens with zero attached hydrogens (tertiary/aromatic N) is 1. The molecule has 2 N–H and O–H groups in total. The fourth-order valence-electron chi connectivity index (χ4n) is 2.83. The van der Waals surface area contributed by atoms with Gasteiger partial charge in [-0.2, -0.15) is 0 Å². The van der Waals surface area contributed by atoms with Crippen molar-refractivity contribution < 1.29 is 19.2 Å². The summed E-state index contributed by atoms with van der Waals surface area (Å²) in [7, 11) is 6.61. The van der Waals surface area contributed by atoms with Gasteiger partial charge >= 0.3 is 5.97 Å². The Morgan fingerprint density at radius 1 is 1.12 bits per heavy atom. The van der Waals surface area contributed by atoms with Crippen LogP contribution in [0.15, 0.2) is 11.8 Å². The van der Waals surface area contributed by atoms with Crippen LogP contribution in [0.3, 0.4) is 0 Å². The highest BCUT2D eigenvalue weighted by molar-refractivity contribution is 5.94. The molecule has 0 aromatic rings. The summed E-state index contributed by atoms with van der Waals surface area (Å²) in [5, 5.41) is 11.8. The van der Waals surface area contributed by atoms with Gasteiger partial charge in [-0.15, -0.1) is 0 Å². The zero-order valence-electron chi connectivity index (χ0n) is 16.0. The van der Waals surface area contributed by atoms with E-state index >= 15 is 0 Å². The van der Waals surface area contributed by atoms with Crippen LogP contribution in [0.5, 0.6) is 0 Å². The van der Waals surface area contributed by atoms with Crippen LogP contribution in [0.25, 0.3) is 0 Å². The van der Waals surface area contributed by atoms with Crippen LogP contribution in [-0.2, 0) is 9.59 Å². The third kappa shape index (κ3) is 7.95. The first-order valence-electron chi connectivity index (χ1n) is 9.08. The second kappa shape index (κ2) is 8.65. The number of carboxylic acids is 1. The number of hydrogen-bond acceptors (Lipinski definition) is 2. The van der Waals surface area contributed by atoms with E-state index in [4.69, 9.17) is 0 Å². The Morgan fingerprint density at radius 3 is 2.17 bits per heavy atom. The molecule has 0 aromatic carbocycles. The molecular weight excluding hydrogens is 304 g/mol. The Kier molecular flexibility index (Phi) is 7.46. The summed E-state index contributed by atoms with van der Waals surface area (Å²) in [6.45, 7) is 5.24. The van der Waals surface area contributed by atoms with E-state index in [9.17, 15) is 14.7 Å². The lowest BCUT2D eigenvalue weighted by Gasteiger charge is -2.23. The summed E-state index contributed by atoms with van der Waals surface area (Å²) in [6.07, 6.45) is 8.88. The highest BCUT2D eigenvalue weighted by Crippen LogP contribution is 2.51. The van der Waals surface area contributed by atoms with Crippen molar-refractivity contribution in [1.82, 2.24) is 5.32 Å². The smallest absolute Gasteiger partial charge is 0.352 e. The Balaban J connectivity index is 2.22. The fourth-order valence-corrected chi connectivity index (χ4v) is 2.83. The number of carbonyl (C=O) groups is 2. The minimum absolute atomic E-state index is 0.0134. The molecule has 5 heteroatoms. The quantitative estimate of drug-likeness (QED) is 0.345. The molecule has 1 unspecified atom stereocenters. The molecule has 1 saturated carbocycles. The van der Waals surface area contributed by atoms with Gasteiger partial charge in [0.1, 0.15) is 5.70 Å². The van der Waals surface area contributed by atoms with Gasteiger partial charge in [0.2, 0.25) is 5.91 Å². The van der Waals surface area contributed by atoms with Gasteiger partial charge in [0.05, 0.1) is 27.7 Å². The zero-order chi connectivity index (χ0) is 18.4. The number of amides is 1.